The van der Waals surface area contributed by atoms with E-state index in [4.69, 9.17) is 4.98 Å². The van der Waals surface area contributed by atoms with Crippen LogP contribution in [0.2, 0.25) is 0 Å². The van der Waals surface area contributed by atoms with E-state index in [1.165, 1.54) is 6.42 Å². The molecule has 0 radical (unpaired) electrons. The number of benzene rings is 2. The van der Waals surface area contributed by atoms with Gasteiger partial charge in [0.2, 0.25) is 0 Å². The van der Waals surface area contributed by atoms with Crippen molar-refractivity contribution in [2.45, 2.75) is 51.1 Å². The maximum absolute atomic E-state index is 13.1. The lowest BCUT2D eigenvalue weighted by Crippen LogP contribution is -2.31. The Kier molecular flexibility index (Phi) is 5.45. The molecule has 0 bridgehead atoms. The number of carbonyl (C=O) groups excluding carboxylic acids is 1. The van der Waals surface area contributed by atoms with Gasteiger partial charge >= 0.3 is 0 Å². The van der Waals surface area contributed by atoms with E-state index >= 15 is 0 Å². The van der Waals surface area contributed by atoms with E-state index in [-0.39, 0.29) is 17.5 Å². The number of nitrogens with one attached hydrogen (secondary N) is 1. The summed E-state index contributed by atoms with van der Waals surface area (Å²) in [4.78, 5) is 32.9. The second kappa shape index (κ2) is 8.53. The van der Waals surface area contributed by atoms with Gasteiger partial charge in [-0.05, 0) is 49.6 Å². The van der Waals surface area contributed by atoms with Gasteiger partial charge in [0, 0.05) is 43.3 Å². The van der Waals surface area contributed by atoms with Crippen LogP contribution in [0.1, 0.15) is 48.3 Å². The van der Waals surface area contributed by atoms with Crippen LogP contribution in [0.4, 0.5) is 5.69 Å². The molecule has 3 aromatic rings. The first-order chi connectivity index (χ1) is 15.2. The average Bonchev–Trinajstić information content (AvgIpc) is 3.23. The third-order valence-corrected chi connectivity index (χ3v) is 6.43. The molecule has 1 saturated heterocycles. The third kappa shape index (κ3) is 4.07. The van der Waals surface area contributed by atoms with E-state index in [9.17, 15) is 9.59 Å². The highest BCUT2D eigenvalue weighted by molar-refractivity contribution is 5.97. The van der Waals surface area contributed by atoms with Crippen LogP contribution in [0.3, 0.4) is 0 Å². The number of hydrogen-bond acceptors (Lipinski definition) is 4. The number of hydrogen-bond donors (Lipinski definition) is 1. The number of para-hydroxylation sites is 1. The Balaban J connectivity index is 1.37. The van der Waals surface area contributed by atoms with Crippen LogP contribution in [0.25, 0.3) is 10.9 Å². The van der Waals surface area contributed by atoms with Gasteiger partial charge in [0.25, 0.3) is 11.5 Å². The van der Waals surface area contributed by atoms with E-state index in [1.54, 1.807) is 18.2 Å². The lowest BCUT2D eigenvalue weighted by Gasteiger charge is -2.19. The SMILES string of the molecule is O=C(c1ccc2c(=O)n3c(nc2c1)CCCCCC3)N1CCC(Nc2ccccc2)C1. The van der Waals surface area contributed by atoms with Crippen LogP contribution in [0.15, 0.2) is 53.3 Å². The van der Waals surface area contributed by atoms with Crippen LogP contribution in [-0.2, 0) is 13.0 Å². The van der Waals surface area contributed by atoms with E-state index < -0.39 is 0 Å². The van der Waals surface area contributed by atoms with Crippen molar-refractivity contribution in [2.75, 3.05) is 18.4 Å². The molecule has 1 atom stereocenters. The van der Waals surface area contributed by atoms with Crippen molar-refractivity contribution in [3.8, 4) is 0 Å². The summed E-state index contributed by atoms with van der Waals surface area (Å²) in [6.07, 6.45) is 6.15. The minimum absolute atomic E-state index is 0.00732. The molecule has 1 N–H and O–H groups in total. The molecule has 2 aliphatic heterocycles. The number of likely N-dealkylation sites (tertiary alicyclic amines) is 1. The van der Waals surface area contributed by atoms with Crippen molar-refractivity contribution in [3.63, 3.8) is 0 Å². The predicted octanol–water partition coefficient (Wildman–Crippen LogP) is 3.84. The molecule has 1 fully saturated rings. The van der Waals surface area contributed by atoms with Crippen molar-refractivity contribution in [1.29, 1.82) is 0 Å². The first-order valence-corrected chi connectivity index (χ1v) is 11.3. The Morgan fingerprint density at radius 2 is 1.84 bits per heavy atom. The maximum Gasteiger partial charge on any atom is 0.261 e. The normalized spacial score (nSPS) is 19.0. The van der Waals surface area contributed by atoms with Gasteiger partial charge in [-0.25, -0.2) is 4.98 Å². The van der Waals surface area contributed by atoms with Crippen LogP contribution >= 0.6 is 0 Å². The minimum atomic E-state index is 0.00732. The molecule has 160 valence electrons. The maximum atomic E-state index is 13.1. The van der Waals surface area contributed by atoms with Crippen molar-refractivity contribution in [2.24, 2.45) is 0 Å². The molecule has 1 amide bonds. The number of amides is 1. The van der Waals surface area contributed by atoms with Crippen molar-refractivity contribution in [3.05, 3.63) is 70.3 Å². The zero-order chi connectivity index (χ0) is 21.2. The molecule has 2 aromatic carbocycles. The molecule has 6 heteroatoms. The van der Waals surface area contributed by atoms with Crippen LogP contribution in [0.5, 0.6) is 0 Å². The number of aryl methyl sites for hydroxylation is 1. The Bertz CT molecular complexity index is 1160. The first-order valence-electron chi connectivity index (χ1n) is 11.3. The molecule has 1 unspecified atom stereocenters. The number of aromatic nitrogens is 2. The highest BCUT2D eigenvalue weighted by Gasteiger charge is 2.27. The molecule has 0 spiro atoms. The molecular formula is C25H28N4O2. The van der Waals surface area contributed by atoms with Crippen LogP contribution in [0, 0.1) is 0 Å². The number of carbonyl (C=O) groups is 1. The van der Waals surface area contributed by atoms with Gasteiger partial charge in [-0.2, -0.15) is 0 Å². The molecule has 2 aliphatic rings. The van der Waals surface area contributed by atoms with Crippen molar-refractivity contribution in [1.82, 2.24) is 14.5 Å². The van der Waals surface area contributed by atoms with Gasteiger partial charge in [-0.1, -0.05) is 31.0 Å². The number of nitrogens with zero attached hydrogens (tertiary/aromatic N) is 3. The Morgan fingerprint density at radius 3 is 2.71 bits per heavy atom. The predicted molar refractivity (Wildman–Crippen MR) is 123 cm³/mol. The number of rotatable bonds is 3. The van der Waals surface area contributed by atoms with Gasteiger partial charge in [0.15, 0.2) is 0 Å². The van der Waals surface area contributed by atoms with Crippen LogP contribution in [-0.4, -0.2) is 39.5 Å². The molecule has 6 nitrogen and oxygen atoms in total. The summed E-state index contributed by atoms with van der Waals surface area (Å²) in [5.41, 5.74) is 2.35. The summed E-state index contributed by atoms with van der Waals surface area (Å²) in [7, 11) is 0. The Hall–Kier alpha value is -3.15. The fraction of sp³-hybridized carbons (Fsp3) is 0.400. The van der Waals surface area contributed by atoms with Gasteiger partial charge in [0.1, 0.15) is 5.82 Å². The highest BCUT2D eigenvalue weighted by atomic mass is 16.2. The monoisotopic (exact) mass is 416 g/mol. The van der Waals surface area contributed by atoms with E-state index in [2.05, 4.69) is 5.32 Å². The Labute approximate surface area is 181 Å². The molecule has 31 heavy (non-hydrogen) atoms. The molecule has 0 saturated carbocycles. The number of anilines is 1. The number of fused-ring (bicyclic) bond motifs is 2. The van der Waals surface area contributed by atoms with Crippen LogP contribution < -0.4 is 10.9 Å². The summed E-state index contributed by atoms with van der Waals surface area (Å²) < 4.78 is 1.84. The fourth-order valence-electron chi connectivity index (χ4n) is 4.74. The summed E-state index contributed by atoms with van der Waals surface area (Å²) in [6.45, 7) is 2.13. The lowest BCUT2D eigenvalue weighted by molar-refractivity contribution is 0.0791. The Morgan fingerprint density at radius 1 is 1.00 bits per heavy atom. The van der Waals surface area contributed by atoms with E-state index in [0.29, 0.717) is 23.0 Å². The third-order valence-electron chi connectivity index (χ3n) is 6.43. The fourth-order valence-corrected chi connectivity index (χ4v) is 4.74. The lowest BCUT2D eigenvalue weighted by atomic mass is 10.1. The molecule has 0 aliphatic carbocycles. The molecule has 5 rings (SSSR count). The average molecular weight is 417 g/mol. The summed E-state index contributed by atoms with van der Waals surface area (Å²) in [5.74, 6) is 0.864. The molecule has 3 heterocycles. The zero-order valence-corrected chi connectivity index (χ0v) is 17.7. The second-order valence-corrected chi connectivity index (χ2v) is 8.63. The van der Waals surface area contributed by atoms with E-state index in [0.717, 1.165) is 56.7 Å². The first kappa shape index (κ1) is 19.8. The summed E-state index contributed by atoms with van der Waals surface area (Å²) >= 11 is 0. The molecular weight excluding hydrogens is 388 g/mol. The quantitative estimate of drug-likeness (QED) is 0.705. The summed E-state index contributed by atoms with van der Waals surface area (Å²) in [5, 5.41) is 4.11. The van der Waals surface area contributed by atoms with Crippen molar-refractivity contribution >= 4 is 22.5 Å². The largest absolute Gasteiger partial charge is 0.380 e. The van der Waals surface area contributed by atoms with Gasteiger partial charge < -0.3 is 10.2 Å². The molecule has 1 aromatic heterocycles. The summed E-state index contributed by atoms with van der Waals surface area (Å²) in [6, 6.07) is 15.7. The zero-order valence-electron chi connectivity index (χ0n) is 17.7. The standard InChI is InChI=1S/C25H28N4O2/c30-24(28-15-13-20(17-28)26-19-8-4-3-5-9-19)18-11-12-21-22(16-18)27-23-10-6-1-2-7-14-29(23)25(21)31/h3-5,8-9,11-12,16,20,26H,1-2,6-7,10,13-15,17H2. The second-order valence-electron chi connectivity index (χ2n) is 8.63. The smallest absolute Gasteiger partial charge is 0.261 e. The van der Waals surface area contributed by atoms with Crippen molar-refractivity contribution < 1.29 is 4.79 Å². The van der Waals surface area contributed by atoms with E-state index in [1.807, 2.05) is 39.8 Å². The topological polar surface area (TPSA) is 67.2 Å². The minimum Gasteiger partial charge on any atom is -0.380 e. The van der Waals surface area contributed by atoms with Gasteiger partial charge in [0.05, 0.1) is 10.9 Å². The van der Waals surface area contributed by atoms with Gasteiger partial charge in [-0.3, -0.25) is 14.2 Å². The van der Waals surface area contributed by atoms with Gasteiger partial charge in [-0.15, -0.1) is 0 Å². The highest BCUT2D eigenvalue weighted by Crippen LogP contribution is 2.20.